The number of aromatic nitrogens is 1. The van der Waals surface area contributed by atoms with Crippen molar-refractivity contribution in [1.29, 1.82) is 0 Å². The van der Waals surface area contributed by atoms with Crippen molar-refractivity contribution in [3.63, 3.8) is 0 Å². The monoisotopic (exact) mass is 723 g/mol. The van der Waals surface area contributed by atoms with Gasteiger partial charge in [-0.2, -0.15) is 0 Å². The second-order valence-electron chi connectivity index (χ2n) is 15.1. The lowest BCUT2D eigenvalue weighted by molar-refractivity contribution is 0.769. The summed E-state index contributed by atoms with van der Waals surface area (Å²) in [5, 5.41) is 3.53. The van der Waals surface area contributed by atoms with Crippen molar-refractivity contribution in [3.05, 3.63) is 247 Å². The molecule has 0 aliphatic heterocycles. The van der Waals surface area contributed by atoms with Gasteiger partial charge in [0.25, 0.3) is 0 Å². The molecule has 1 aromatic heterocycles. The van der Waals surface area contributed by atoms with Crippen molar-refractivity contribution in [1.82, 2.24) is 4.98 Å². The highest BCUT2D eigenvalue weighted by Crippen LogP contribution is 2.57. The summed E-state index contributed by atoms with van der Waals surface area (Å²) in [7, 11) is 0. The van der Waals surface area contributed by atoms with Crippen LogP contribution in [-0.2, 0) is 5.41 Å². The Labute approximate surface area is 333 Å². The van der Waals surface area contributed by atoms with Crippen LogP contribution < -0.4 is 0 Å². The minimum atomic E-state index is -0.471. The Morgan fingerprint density at radius 3 is 1.35 bits per heavy atom. The summed E-state index contributed by atoms with van der Waals surface area (Å²) in [5.41, 5.74) is 17.5. The minimum absolute atomic E-state index is 0.471. The highest BCUT2D eigenvalue weighted by atomic mass is 14.7. The Kier molecular flexibility index (Phi) is 7.79. The van der Waals surface area contributed by atoms with E-state index in [1.54, 1.807) is 0 Å². The zero-order valence-electron chi connectivity index (χ0n) is 31.3. The fourth-order valence-electron chi connectivity index (χ4n) is 9.32. The lowest BCUT2D eigenvalue weighted by Gasteiger charge is -2.34. The number of pyridine rings is 1. The minimum Gasteiger partial charge on any atom is -0.247 e. The summed E-state index contributed by atoms with van der Waals surface area (Å²) in [6, 6.07) is 81.8. The summed E-state index contributed by atoms with van der Waals surface area (Å²) in [4.78, 5) is 5.42. The predicted molar refractivity (Wildman–Crippen MR) is 238 cm³/mol. The number of nitrogens with zero attached hydrogens (tertiary/aromatic N) is 1. The molecule has 1 heterocycles. The third-order valence-corrected chi connectivity index (χ3v) is 11.9. The zero-order valence-corrected chi connectivity index (χ0v) is 31.3. The molecule has 57 heavy (non-hydrogen) atoms. The van der Waals surface area contributed by atoms with E-state index in [0.29, 0.717) is 0 Å². The second kappa shape index (κ2) is 13.4. The normalized spacial score (nSPS) is 12.7. The summed E-state index contributed by atoms with van der Waals surface area (Å²) in [6.45, 7) is 0. The Balaban J connectivity index is 1.12. The van der Waals surface area contributed by atoms with Crippen LogP contribution in [0.3, 0.4) is 0 Å². The van der Waals surface area contributed by atoms with E-state index in [-0.39, 0.29) is 0 Å². The van der Waals surface area contributed by atoms with Crippen LogP contribution in [0.5, 0.6) is 0 Å². The van der Waals surface area contributed by atoms with E-state index in [4.69, 9.17) is 4.98 Å². The van der Waals surface area contributed by atoms with Gasteiger partial charge in [-0.25, -0.2) is 4.98 Å². The SMILES string of the molecule is c1ccc(-c2cc(-c3ccccc3)cc(-c3ccc(-c4nc5ccccc5c5cc6c(cc45)-c4ccccc4C6(c4ccccc4)c4ccccc4)cc3)c2)cc1. The molecule has 10 aromatic rings. The quantitative estimate of drug-likeness (QED) is 0.156. The number of hydrogen-bond donors (Lipinski definition) is 0. The first-order valence-corrected chi connectivity index (χ1v) is 19.7. The first kappa shape index (κ1) is 33.0. The summed E-state index contributed by atoms with van der Waals surface area (Å²) >= 11 is 0. The first-order chi connectivity index (χ1) is 28.3. The molecule has 9 aromatic carbocycles. The molecule has 0 atom stereocenters. The van der Waals surface area contributed by atoms with Crippen LogP contribution in [0.4, 0.5) is 0 Å². The lowest BCUT2D eigenvalue weighted by atomic mass is 9.67. The van der Waals surface area contributed by atoms with Crippen molar-refractivity contribution >= 4 is 21.7 Å². The summed E-state index contributed by atoms with van der Waals surface area (Å²) in [6.07, 6.45) is 0. The first-order valence-electron chi connectivity index (χ1n) is 19.7. The molecular formula is C56H37N. The van der Waals surface area contributed by atoms with E-state index in [0.717, 1.165) is 27.5 Å². The number of benzene rings is 9. The van der Waals surface area contributed by atoms with Crippen LogP contribution in [0, 0.1) is 0 Å². The maximum atomic E-state index is 5.42. The van der Waals surface area contributed by atoms with Crippen LogP contribution >= 0.6 is 0 Å². The lowest BCUT2D eigenvalue weighted by Crippen LogP contribution is -2.28. The summed E-state index contributed by atoms with van der Waals surface area (Å²) in [5.74, 6) is 0. The van der Waals surface area contributed by atoms with Gasteiger partial charge in [-0.15, -0.1) is 0 Å². The van der Waals surface area contributed by atoms with Crippen molar-refractivity contribution in [2.75, 3.05) is 0 Å². The van der Waals surface area contributed by atoms with Gasteiger partial charge in [-0.1, -0.05) is 188 Å². The van der Waals surface area contributed by atoms with E-state index >= 15 is 0 Å². The van der Waals surface area contributed by atoms with E-state index in [1.165, 1.54) is 72.1 Å². The Hall–Kier alpha value is -7.35. The Morgan fingerprint density at radius 2 is 0.754 bits per heavy atom. The van der Waals surface area contributed by atoms with Gasteiger partial charge >= 0.3 is 0 Å². The maximum absolute atomic E-state index is 5.42. The fraction of sp³-hybridized carbons (Fsp3) is 0.0179. The molecule has 0 fully saturated rings. The third kappa shape index (κ3) is 5.35. The Bertz CT molecular complexity index is 2980. The average molecular weight is 724 g/mol. The van der Waals surface area contributed by atoms with Crippen LogP contribution in [0.1, 0.15) is 22.3 Å². The zero-order chi connectivity index (χ0) is 37.8. The van der Waals surface area contributed by atoms with Crippen molar-refractivity contribution in [2.24, 2.45) is 0 Å². The molecule has 1 heteroatoms. The molecule has 1 nitrogen and oxygen atoms in total. The van der Waals surface area contributed by atoms with Gasteiger partial charge in [-0.3, -0.25) is 0 Å². The van der Waals surface area contributed by atoms with Gasteiger partial charge in [0.15, 0.2) is 0 Å². The van der Waals surface area contributed by atoms with Crippen molar-refractivity contribution in [2.45, 2.75) is 5.41 Å². The number of rotatable bonds is 6. The van der Waals surface area contributed by atoms with E-state index in [2.05, 4.69) is 224 Å². The van der Waals surface area contributed by atoms with Gasteiger partial charge < -0.3 is 0 Å². The summed E-state index contributed by atoms with van der Waals surface area (Å²) < 4.78 is 0. The largest absolute Gasteiger partial charge is 0.247 e. The fourth-order valence-corrected chi connectivity index (χ4v) is 9.32. The highest BCUT2D eigenvalue weighted by Gasteiger charge is 2.46. The van der Waals surface area contributed by atoms with Gasteiger partial charge in [0.05, 0.1) is 16.6 Å². The molecule has 0 radical (unpaired) electrons. The molecule has 0 N–H and O–H groups in total. The van der Waals surface area contributed by atoms with Crippen molar-refractivity contribution < 1.29 is 0 Å². The molecule has 0 amide bonds. The average Bonchev–Trinajstić information content (AvgIpc) is 3.59. The van der Waals surface area contributed by atoms with Gasteiger partial charge in [0.1, 0.15) is 0 Å². The molecule has 1 aliphatic rings. The second-order valence-corrected chi connectivity index (χ2v) is 15.1. The number of hydrogen-bond acceptors (Lipinski definition) is 1. The van der Waals surface area contributed by atoms with Crippen LogP contribution in [0.25, 0.3) is 77.4 Å². The molecule has 266 valence electrons. The van der Waals surface area contributed by atoms with Crippen LogP contribution in [-0.4, -0.2) is 4.98 Å². The molecular weight excluding hydrogens is 687 g/mol. The van der Waals surface area contributed by atoms with Crippen molar-refractivity contribution in [3.8, 4) is 55.8 Å². The smallest absolute Gasteiger partial charge is 0.0788 e. The van der Waals surface area contributed by atoms with Gasteiger partial charge in [-0.05, 0) is 109 Å². The molecule has 0 saturated heterocycles. The van der Waals surface area contributed by atoms with E-state index in [9.17, 15) is 0 Å². The van der Waals surface area contributed by atoms with E-state index in [1.807, 2.05) is 0 Å². The molecule has 11 rings (SSSR count). The maximum Gasteiger partial charge on any atom is 0.0788 e. The predicted octanol–water partition coefficient (Wildman–Crippen LogP) is 14.4. The topological polar surface area (TPSA) is 12.9 Å². The molecule has 0 bridgehead atoms. The standard InChI is InChI=1S/C56H37N/c1-5-17-38(18-6-1)42-33-43(39-19-7-2-8-20-39)35-44(34-42)40-29-31-41(32-30-40)55-51-36-50-47-25-13-15-27-52(47)56(45-21-9-3-10-22-45,46-23-11-4-12-24-46)53(50)37-49(51)48-26-14-16-28-54(48)57-55/h1-37H. The number of fused-ring (bicyclic) bond motifs is 6. The molecule has 1 aliphatic carbocycles. The van der Waals surface area contributed by atoms with Gasteiger partial charge in [0.2, 0.25) is 0 Å². The highest BCUT2D eigenvalue weighted by molar-refractivity contribution is 6.13. The molecule has 0 spiro atoms. The molecule has 0 saturated carbocycles. The third-order valence-electron chi connectivity index (χ3n) is 11.9. The van der Waals surface area contributed by atoms with Crippen LogP contribution in [0.2, 0.25) is 0 Å². The molecule has 0 unspecified atom stereocenters. The van der Waals surface area contributed by atoms with Gasteiger partial charge in [0, 0.05) is 16.3 Å². The number of para-hydroxylation sites is 1. The Morgan fingerprint density at radius 1 is 0.281 bits per heavy atom. The van der Waals surface area contributed by atoms with Crippen LogP contribution in [0.15, 0.2) is 224 Å². The van der Waals surface area contributed by atoms with E-state index < -0.39 is 5.41 Å².